The van der Waals surface area contributed by atoms with Gasteiger partial charge in [0.1, 0.15) is 0 Å². The third-order valence-electron chi connectivity index (χ3n) is 4.03. The number of carbonyl (C=O) groups excluding carboxylic acids is 1. The largest absolute Gasteiger partial charge is 0.480 e. The summed E-state index contributed by atoms with van der Waals surface area (Å²) in [6.45, 7) is 3.19. The number of hydrogen-bond acceptors (Lipinski definition) is 4. The summed E-state index contributed by atoms with van der Waals surface area (Å²) in [5, 5.41) is 20.5. The van der Waals surface area contributed by atoms with Crippen molar-refractivity contribution in [3.05, 3.63) is 0 Å². The molecule has 143 valence electrons. The number of nitrogens with zero attached hydrogens (tertiary/aromatic N) is 1. The molecule has 0 rings (SSSR count). The van der Waals surface area contributed by atoms with E-state index in [0.29, 0.717) is 26.1 Å². The molecule has 0 aromatic rings. The van der Waals surface area contributed by atoms with Crippen molar-refractivity contribution < 1.29 is 19.8 Å². The first kappa shape index (κ1) is 27.1. The molecule has 0 aliphatic carbocycles. The fourth-order valence-electron chi connectivity index (χ4n) is 2.64. The molecule has 0 saturated carbocycles. The van der Waals surface area contributed by atoms with Gasteiger partial charge in [0.25, 0.3) is 0 Å². The van der Waals surface area contributed by atoms with Crippen molar-refractivity contribution in [3.63, 3.8) is 0 Å². The molecule has 0 heterocycles. The molecule has 1 radical (unpaired) electrons. The average molecular weight is 367 g/mol. The predicted octanol–water partition coefficient (Wildman–Crippen LogP) is 2.02. The monoisotopic (exact) mass is 367 g/mol. The minimum absolute atomic E-state index is 0. The minimum atomic E-state index is -0.926. The predicted molar refractivity (Wildman–Crippen MR) is 102 cm³/mol. The van der Waals surface area contributed by atoms with Crippen LogP contribution in [-0.2, 0) is 9.59 Å². The van der Waals surface area contributed by atoms with E-state index >= 15 is 0 Å². The van der Waals surface area contributed by atoms with Crippen LogP contribution in [0.3, 0.4) is 0 Å². The van der Waals surface area contributed by atoms with Gasteiger partial charge in [0.15, 0.2) is 0 Å². The third kappa shape index (κ3) is 20.0. The van der Waals surface area contributed by atoms with Gasteiger partial charge < -0.3 is 15.5 Å². The molecular formula is C18H36N2NaO4. The van der Waals surface area contributed by atoms with E-state index in [-0.39, 0.29) is 48.6 Å². The van der Waals surface area contributed by atoms with Crippen LogP contribution in [0.5, 0.6) is 0 Å². The normalized spacial score (nSPS) is 10.5. The molecule has 1 amide bonds. The maximum atomic E-state index is 11.7. The number of carbonyl (C=O) groups is 2. The quantitative estimate of drug-likeness (QED) is 0.270. The van der Waals surface area contributed by atoms with Crippen molar-refractivity contribution in [2.75, 3.05) is 32.8 Å². The van der Waals surface area contributed by atoms with Crippen LogP contribution in [0.25, 0.3) is 0 Å². The van der Waals surface area contributed by atoms with Crippen LogP contribution in [0.4, 0.5) is 0 Å². The molecule has 3 N–H and O–H groups in total. The summed E-state index contributed by atoms with van der Waals surface area (Å²) in [6.07, 6.45) is 11.6. The number of aliphatic hydroxyl groups excluding tert-OH is 1. The number of aliphatic hydroxyl groups is 1. The van der Waals surface area contributed by atoms with Crippen LogP contribution in [0, 0.1) is 0 Å². The average Bonchev–Trinajstić information content (AvgIpc) is 2.53. The molecule has 0 unspecified atom stereocenters. The van der Waals surface area contributed by atoms with Gasteiger partial charge in [-0.1, -0.05) is 58.3 Å². The van der Waals surface area contributed by atoms with Gasteiger partial charge >= 0.3 is 5.97 Å². The van der Waals surface area contributed by atoms with Gasteiger partial charge in [-0.05, 0) is 6.42 Å². The van der Waals surface area contributed by atoms with Crippen LogP contribution in [0.1, 0.15) is 71.1 Å². The first-order valence-corrected chi connectivity index (χ1v) is 9.41. The van der Waals surface area contributed by atoms with E-state index in [4.69, 9.17) is 10.2 Å². The summed E-state index contributed by atoms with van der Waals surface area (Å²) < 4.78 is 0. The SMILES string of the molecule is CCCCCCCCCCCC(=O)NCCN(CCO)CC(=O)O.[Na]. The first-order valence-electron chi connectivity index (χ1n) is 9.41. The topological polar surface area (TPSA) is 89.9 Å². The van der Waals surface area contributed by atoms with Crippen LogP contribution < -0.4 is 5.32 Å². The molecule has 6 nitrogen and oxygen atoms in total. The van der Waals surface area contributed by atoms with Crippen molar-refractivity contribution >= 4 is 41.4 Å². The number of carboxylic acids is 1. The van der Waals surface area contributed by atoms with Gasteiger partial charge in [-0.15, -0.1) is 0 Å². The Balaban J connectivity index is 0. The second kappa shape index (κ2) is 20.2. The van der Waals surface area contributed by atoms with E-state index in [1.807, 2.05) is 0 Å². The van der Waals surface area contributed by atoms with E-state index in [9.17, 15) is 9.59 Å². The van der Waals surface area contributed by atoms with Crippen molar-refractivity contribution in [1.29, 1.82) is 0 Å². The summed E-state index contributed by atoms with van der Waals surface area (Å²) in [7, 11) is 0. The maximum absolute atomic E-state index is 11.7. The molecule has 0 spiro atoms. The van der Waals surface area contributed by atoms with E-state index in [0.717, 1.165) is 12.8 Å². The number of rotatable bonds is 17. The van der Waals surface area contributed by atoms with Crippen LogP contribution >= 0.6 is 0 Å². The zero-order chi connectivity index (χ0) is 18.0. The molecule has 7 heteroatoms. The molecule has 0 aliphatic rings. The Morgan fingerprint density at radius 1 is 0.920 bits per heavy atom. The standard InChI is InChI=1S/C18H36N2O4.Na/c1-2-3-4-5-6-7-8-9-10-11-17(22)19-12-13-20(14-15-21)16-18(23)24;/h21H,2-16H2,1H3,(H,19,22)(H,23,24);. The van der Waals surface area contributed by atoms with Gasteiger partial charge in [-0.25, -0.2) is 0 Å². The molecule has 0 bridgehead atoms. The van der Waals surface area contributed by atoms with Crippen molar-refractivity contribution in [2.24, 2.45) is 0 Å². The summed E-state index contributed by atoms with van der Waals surface area (Å²) in [5.74, 6) is -0.901. The summed E-state index contributed by atoms with van der Waals surface area (Å²) in [4.78, 5) is 24.0. The third-order valence-corrected chi connectivity index (χ3v) is 4.03. The molecule has 0 saturated heterocycles. The fraction of sp³-hybridized carbons (Fsp3) is 0.889. The van der Waals surface area contributed by atoms with Crippen LogP contribution in [0.15, 0.2) is 0 Å². The van der Waals surface area contributed by atoms with Gasteiger partial charge in [-0.3, -0.25) is 14.5 Å². The summed E-state index contributed by atoms with van der Waals surface area (Å²) in [5.41, 5.74) is 0. The second-order valence-electron chi connectivity index (χ2n) is 6.32. The summed E-state index contributed by atoms with van der Waals surface area (Å²) >= 11 is 0. The molecule has 0 atom stereocenters. The molecule has 0 fully saturated rings. The van der Waals surface area contributed by atoms with Crippen LogP contribution in [0.2, 0.25) is 0 Å². The first-order chi connectivity index (χ1) is 11.6. The number of hydrogen-bond donors (Lipinski definition) is 3. The number of nitrogens with one attached hydrogen (secondary N) is 1. The van der Waals surface area contributed by atoms with Gasteiger partial charge in [0, 0.05) is 55.6 Å². The Morgan fingerprint density at radius 2 is 1.48 bits per heavy atom. The Bertz CT molecular complexity index is 330. The van der Waals surface area contributed by atoms with Crippen molar-refractivity contribution in [1.82, 2.24) is 10.2 Å². The zero-order valence-electron chi connectivity index (χ0n) is 16.3. The van der Waals surface area contributed by atoms with Gasteiger partial charge in [-0.2, -0.15) is 0 Å². The van der Waals surface area contributed by atoms with E-state index in [1.54, 1.807) is 4.90 Å². The van der Waals surface area contributed by atoms with Crippen molar-refractivity contribution in [3.8, 4) is 0 Å². The Hall–Kier alpha value is -0.140. The van der Waals surface area contributed by atoms with Crippen molar-refractivity contribution in [2.45, 2.75) is 71.1 Å². The van der Waals surface area contributed by atoms with Gasteiger partial charge in [0.05, 0.1) is 13.2 Å². The van der Waals surface area contributed by atoms with Gasteiger partial charge in [0.2, 0.25) is 5.91 Å². The number of amides is 1. The maximum Gasteiger partial charge on any atom is 0.317 e. The Labute approximate surface area is 175 Å². The molecule has 0 aliphatic heterocycles. The molecule has 25 heavy (non-hydrogen) atoms. The fourth-order valence-corrected chi connectivity index (χ4v) is 2.64. The van der Waals surface area contributed by atoms with E-state index in [1.165, 1.54) is 44.9 Å². The second-order valence-corrected chi connectivity index (χ2v) is 6.32. The molecule has 0 aromatic heterocycles. The molecule has 0 aromatic carbocycles. The minimum Gasteiger partial charge on any atom is -0.480 e. The van der Waals surface area contributed by atoms with E-state index in [2.05, 4.69) is 12.2 Å². The smallest absolute Gasteiger partial charge is 0.317 e. The Kier molecular flexibility index (Phi) is 21.9. The number of aliphatic carboxylic acids is 1. The summed E-state index contributed by atoms with van der Waals surface area (Å²) in [6, 6.07) is 0. The number of carboxylic acid groups (broad SMARTS) is 1. The zero-order valence-corrected chi connectivity index (χ0v) is 18.3. The Morgan fingerprint density at radius 3 is 2.00 bits per heavy atom. The van der Waals surface area contributed by atoms with Crippen LogP contribution in [-0.4, -0.2) is 89.3 Å². The molecular weight excluding hydrogens is 331 g/mol. The number of unbranched alkanes of at least 4 members (excludes halogenated alkanes) is 8. The van der Waals surface area contributed by atoms with E-state index < -0.39 is 5.97 Å².